The minimum Gasteiger partial charge on any atom is -0.350 e. The Labute approximate surface area is 100 Å². The highest BCUT2D eigenvalue weighted by molar-refractivity contribution is 6.30. The van der Waals surface area contributed by atoms with Crippen LogP contribution in [0, 0.1) is 6.92 Å². The first-order chi connectivity index (χ1) is 7.66. The van der Waals surface area contributed by atoms with Gasteiger partial charge in [0, 0.05) is 18.3 Å². The van der Waals surface area contributed by atoms with Gasteiger partial charge in [-0.2, -0.15) is 0 Å². The van der Waals surface area contributed by atoms with Gasteiger partial charge in [-0.1, -0.05) is 17.7 Å². The number of benzene rings is 1. The molecule has 0 spiro atoms. The second-order valence-corrected chi connectivity index (χ2v) is 4.17. The van der Waals surface area contributed by atoms with E-state index in [4.69, 9.17) is 11.6 Å². The molecular weight excluding hydrogens is 220 g/mol. The molecule has 0 unspecified atom stereocenters. The van der Waals surface area contributed by atoms with E-state index in [1.807, 2.05) is 61.3 Å². The largest absolute Gasteiger partial charge is 0.350 e. The lowest BCUT2D eigenvalue weighted by Crippen LogP contribution is -1.92. The molecule has 0 aliphatic rings. The van der Waals surface area contributed by atoms with Gasteiger partial charge in [0.1, 0.15) is 0 Å². The summed E-state index contributed by atoms with van der Waals surface area (Å²) in [5, 5.41) is 0.713. The molecule has 2 aromatic rings. The van der Waals surface area contributed by atoms with E-state index in [1.165, 1.54) is 0 Å². The van der Waals surface area contributed by atoms with Crippen molar-refractivity contribution in [3.05, 3.63) is 52.8 Å². The number of aryl methyl sites for hydroxylation is 2. The summed E-state index contributed by atoms with van der Waals surface area (Å²) in [6, 6.07) is 9.73. The second kappa shape index (κ2) is 4.54. The molecule has 0 fully saturated rings. The van der Waals surface area contributed by atoms with Crippen LogP contribution in [0.15, 0.2) is 41.5 Å². The van der Waals surface area contributed by atoms with Crippen LogP contribution < -0.4 is 0 Å². The van der Waals surface area contributed by atoms with Crippen LogP contribution in [0.25, 0.3) is 0 Å². The minimum atomic E-state index is 0.713. The molecule has 2 nitrogen and oxygen atoms in total. The van der Waals surface area contributed by atoms with Crippen LogP contribution in [0.4, 0.5) is 5.69 Å². The highest BCUT2D eigenvalue weighted by Crippen LogP contribution is 2.22. The summed E-state index contributed by atoms with van der Waals surface area (Å²) in [6.07, 6.45) is 3.84. The van der Waals surface area contributed by atoms with Gasteiger partial charge in [-0.05, 0) is 36.8 Å². The number of aromatic nitrogens is 1. The van der Waals surface area contributed by atoms with E-state index >= 15 is 0 Å². The summed E-state index contributed by atoms with van der Waals surface area (Å²) in [4.78, 5) is 4.44. The molecule has 0 aliphatic carbocycles. The summed E-state index contributed by atoms with van der Waals surface area (Å²) < 4.78 is 2.02. The van der Waals surface area contributed by atoms with E-state index < -0.39 is 0 Å². The average Bonchev–Trinajstić information content (AvgIpc) is 2.66. The van der Waals surface area contributed by atoms with Crippen LogP contribution in [0.1, 0.15) is 11.3 Å². The number of aliphatic imine (C=N–C) groups is 1. The van der Waals surface area contributed by atoms with E-state index in [2.05, 4.69) is 4.99 Å². The van der Waals surface area contributed by atoms with Crippen molar-refractivity contribution in [2.75, 3.05) is 0 Å². The van der Waals surface area contributed by atoms with Crippen LogP contribution in [0.2, 0.25) is 5.02 Å². The number of hydrogen-bond donors (Lipinski definition) is 0. The Hall–Kier alpha value is -1.54. The zero-order chi connectivity index (χ0) is 11.5. The summed E-state index contributed by atoms with van der Waals surface area (Å²) in [5.74, 6) is 0. The van der Waals surface area contributed by atoms with Gasteiger partial charge in [0.2, 0.25) is 0 Å². The lowest BCUT2D eigenvalue weighted by molar-refractivity contribution is 0.918. The Morgan fingerprint density at radius 2 is 2.12 bits per heavy atom. The highest BCUT2D eigenvalue weighted by atomic mass is 35.5. The summed E-state index contributed by atoms with van der Waals surface area (Å²) in [5.41, 5.74) is 3.10. The van der Waals surface area contributed by atoms with E-state index in [0.29, 0.717) is 5.02 Å². The molecule has 0 atom stereocenters. The number of halogens is 1. The van der Waals surface area contributed by atoms with Gasteiger partial charge in [-0.25, -0.2) is 0 Å². The summed E-state index contributed by atoms with van der Waals surface area (Å²) in [6.45, 7) is 2.02. The number of rotatable bonds is 2. The van der Waals surface area contributed by atoms with Crippen LogP contribution >= 0.6 is 11.6 Å². The molecule has 0 saturated heterocycles. The first-order valence-corrected chi connectivity index (χ1v) is 5.46. The molecule has 1 aromatic carbocycles. The Bertz CT molecular complexity index is 526. The molecule has 82 valence electrons. The fourth-order valence-electron chi connectivity index (χ4n) is 1.47. The monoisotopic (exact) mass is 232 g/mol. The molecule has 3 heteroatoms. The third-order valence-electron chi connectivity index (χ3n) is 2.49. The van der Waals surface area contributed by atoms with Gasteiger partial charge in [0.15, 0.2) is 0 Å². The molecular formula is C13H13ClN2. The van der Waals surface area contributed by atoms with E-state index in [9.17, 15) is 0 Å². The van der Waals surface area contributed by atoms with Crippen molar-refractivity contribution in [1.82, 2.24) is 4.57 Å². The first kappa shape index (κ1) is 11.0. The number of hydrogen-bond acceptors (Lipinski definition) is 1. The van der Waals surface area contributed by atoms with Gasteiger partial charge < -0.3 is 4.57 Å². The Kier molecular flexibility index (Phi) is 3.11. The Morgan fingerprint density at radius 1 is 1.31 bits per heavy atom. The number of nitrogens with zero attached hydrogens (tertiary/aromatic N) is 2. The van der Waals surface area contributed by atoms with Gasteiger partial charge in [0.05, 0.1) is 17.6 Å². The maximum absolute atomic E-state index is 5.93. The lowest BCUT2D eigenvalue weighted by atomic mass is 10.2. The van der Waals surface area contributed by atoms with E-state index in [0.717, 1.165) is 16.9 Å². The third kappa shape index (κ3) is 2.34. The molecule has 1 aromatic heterocycles. The fourth-order valence-corrected chi connectivity index (χ4v) is 1.63. The van der Waals surface area contributed by atoms with Crippen LogP contribution in [-0.4, -0.2) is 10.8 Å². The topological polar surface area (TPSA) is 17.3 Å². The Balaban J connectivity index is 2.30. The van der Waals surface area contributed by atoms with Crippen LogP contribution in [0.5, 0.6) is 0 Å². The molecule has 0 aliphatic heterocycles. The second-order valence-electron chi connectivity index (χ2n) is 3.73. The molecule has 2 rings (SSSR count). The standard InChI is InChI=1S/C13H13ClN2/c1-10-5-6-11(14)8-13(10)15-9-12-4-3-7-16(12)2/h3-9H,1-2H3. The smallest absolute Gasteiger partial charge is 0.0674 e. The quantitative estimate of drug-likeness (QED) is 0.702. The first-order valence-electron chi connectivity index (χ1n) is 5.08. The molecule has 0 N–H and O–H groups in total. The predicted octanol–water partition coefficient (Wildman–Crippen LogP) is 3.74. The van der Waals surface area contributed by atoms with Crippen molar-refractivity contribution in [1.29, 1.82) is 0 Å². The van der Waals surface area contributed by atoms with Crippen LogP contribution in [-0.2, 0) is 7.05 Å². The minimum absolute atomic E-state index is 0.713. The SMILES string of the molecule is Cc1ccc(Cl)cc1N=Cc1cccn1C. The van der Waals surface area contributed by atoms with Crippen LogP contribution in [0.3, 0.4) is 0 Å². The van der Waals surface area contributed by atoms with E-state index in [-0.39, 0.29) is 0 Å². The third-order valence-corrected chi connectivity index (χ3v) is 2.73. The van der Waals surface area contributed by atoms with Crippen molar-refractivity contribution in [2.45, 2.75) is 6.92 Å². The van der Waals surface area contributed by atoms with Gasteiger partial charge >= 0.3 is 0 Å². The lowest BCUT2D eigenvalue weighted by Gasteiger charge is -2.00. The maximum Gasteiger partial charge on any atom is 0.0674 e. The predicted molar refractivity (Wildman–Crippen MR) is 68.9 cm³/mol. The molecule has 0 bridgehead atoms. The molecule has 1 heterocycles. The zero-order valence-electron chi connectivity index (χ0n) is 9.31. The van der Waals surface area contributed by atoms with Crippen molar-refractivity contribution in [3.63, 3.8) is 0 Å². The van der Waals surface area contributed by atoms with E-state index in [1.54, 1.807) is 0 Å². The molecule has 0 radical (unpaired) electrons. The normalized spacial score (nSPS) is 11.2. The van der Waals surface area contributed by atoms with Crippen molar-refractivity contribution >= 4 is 23.5 Å². The highest BCUT2D eigenvalue weighted by Gasteiger charge is 1.97. The zero-order valence-corrected chi connectivity index (χ0v) is 10.1. The molecule has 0 saturated carbocycles. The summed E-state index contributed by atoms with van der Waals surface area (Å²) in [7, 11) is 1.99. The van der Waals surface area contributed by atoms with Gasteiger partial charge in [-0.3, -0.25) is 4.99 Å². The molecule has 16 heavy (non-hydrogen) atoms. The molecule has 0 amide bonds. The van der Waals surface area contributed by atoms with Crippen molar-refractivity contribution in [3.8, 4) is 0 Å². The fraction of sp³-hybridized carbons (Fsp3) is 0.154. The van der Waals surface area contributed by atoms with Gasteiger partial charge in [0.25, 0.3) is 0 Å². The van der Waals surface area contributed by atoms with Crippen molar-refractivity contribution in [2.24, 2.45) is 12.0 Å². The summed E-state index contributed by atoms with van der Waals surface area (Å²) >= 11 is 5.93. The maximum atomic E-state index is 5.93. The average molecular weight is 233 g/mol. The van der Waals surface area contributed by atoms with Gasteiger partial charge in [-0.15, -0.1) is 0 Å². The Morgan fingerprint density at radius 3 is 2.81 bits per heavy atom. The van der Waals surface area contributed by atoms with Crippen molar-refractivity contribution < 1.29 is 0 Å².